The summed E-state index contributed by atoms with van der Waals surface area (Å²) in [6.45, 7) is 3.76. The van der Waals surface area contributed by atoms with Crippen LogP contribution in [-0.2, 0) is 9.78 Å². The predicted octanol–water partition coefficient (Wildman–Crippen LogP) is 4.26. The molecule has 1 aliphatic heterocycles. The van der Waals surface area contributed by atoms with Crippen LogP contribution < -0.4 is 0 Å². The minimum Gasteiger partial charge on any atom is -0.237 e. The van der Waals surface area contributed by atoms with E-state index in [1.54, 1.807) is 0 Å². The van der Waals surface area contributed by atoms with Crippen molar-refractivity contribution in [2.75, 3.05) is 13.2 Å². The zero-order valence-corrected chi connectivity index (χ0v) is 10.6. The second-order valence-corrected chi connectivity index (χ2v) is 4.80. The van der Waals surface area contributed by atoms with E-state index in [0.717, 1.165) is 26.1 Å². The van der Waals surface area contributed by atoms with Gasteiger partial charge in [-0.05, 0) is 38.0 Å². The van der Waals surface area contributed by atoms with Crippen LogP contribution in [0.15, 0.2) is 12.2 Å². The summed E-state index contributed by atoms with van der Waals surface area (Å²) >= 11 is 0. The Kier molecular flexibility index (Phi) is 8.45. The molecule has 0 saturated heterocycles. The summed E-state index contributed by atoms with van der Waals surface area (Å²) in [4.78, 5) is 10.3. The zero-order valence-electron chi connectivity index (χ0n) is 10.6. The van der Waals surface area contributed by atoms with Crippen LogP contribution in [-0.4, -0.2) is 13.2 Å². The highest BCUT2D eigenvalue weighted by Gasteiger charge is 2.00. The van der Waals surface area contributed by atoms with Crippen LogP contribution >= 0.6 is 0 Å². The molecule has 1 heterocycles. The first-order valence-corrected chi connectivity index (χ1v) is 6.79. The molecule has 0 saturated carbocycles. The zero-order chi connectivity index (χ0) is 11.5. The third kappa shape index (κ3) is 7.89. The second kappa shape index (κ2) is 9.86. The van der Waals surface area contributed by atoms with Gasteiger partial charge in [-0.3, -0.25) is 0 Å². The van der Waals surface area contributed by atoms with Crippen LogP contribution in [0.5, 0.6) is 0 Å². The van der Waals surface area contributed by atoms with E-state index in [0.29, 0.717) is 5.92 Å². The maximum Gasteiger partial charge on any atom is 0.0825 e. The van der Waals surface area contributed by atoms with E-state index in [2.05, 4.69) is 19.1 Å². The molecular formula is C14H26O2. The predicted molar refractivity (Wildman–Crippen MR) is 67.1 cm³/mol. The van der Waals surface area contributed by atoms with Gasteiger partial charge < -0.3 is 0 Å². The minimum atomic E-state index is 0.699. The van der Waals surface area contributed by atoms with Crippen LogP contribution in [0.3, 0.4) is 0 Å². The average Bonchev–Trinajstić information content (AvgIpc) is 2.29. The van der Waals surface area contributed by atoms with Crippen molar-refractivity contribution in [3.8, 4) is 0 Å². The summed E-state index contributed by atoms with van der Waals surface area (Å²) in [5.41, 5.74) is 0. The first-order chi connectivity index (χ1) is 7.89. The first kappa shape index (κ1) is 13.7. The van der Waals surface area contributed by atoms with Gasteiger partial charge in [-0.15, -0.1) is 0 Å². The van der Waals surface area contributed by atoms with Crippen LogP contribution in [0.2, 0.25) is 0 Å². The lowest BCUT2D eigenvalue weighted by molar-refractivity contribution is -0.296. The number of hydrogen-bond acceptors (Lipinski definition) is 2. The Bertz CT molecular complexity index is 178. The molecule has 1 rings (SSSR count). The lowest BCUT2D eigenvalue weighted by Gasteiger charge is -2.08. The molecule has 0 radical (unpaired) electrons. The number of hydrogen-bond donors (Lipinski definition) is 0. The van der Waals surface area contributed by atoms with E-state index < -0.39 is 0 Å². The van der Waals surface area contributed by atoms with E-state index in [4.69, 9.17) is 9.78 Å². The van der Waals surface area contributed by atoms with Crippen molar-refractivity contribution in [2.24, 2.45) is 5.92 Å². The Morgan fingerprint density at radius 2 is 1.62 bits per heavy atom. The van der Waals surface area contributed by atoms with Gasteiger partial charge in [0.15, 0.2) is 0 Å². The molecule has 16 heavy (non-hydrogen) atoms. The van der Waals surface area contributed by atoms with E-state index in [9.17, 15) is 0 Å². The SMILES string of the molecule is C[C@H]1CC=CCCCCCCCOOCC1. The molecule has 0 aromatic rings. The quantitative estimate of drug-likeness (QED) is 0.454. The highest BCUT2D eigenvalue weighted by Crippen LogP contribution is 2.11. The molecule has 0 bridgehead atoms. The number of rotatable bonds is 0. The van der Waals surface area contributed by atoms with Gasteiger partial charge in [0, 0.05) is 0 Å². The van der Waals surface area contributed by atoms with E-state index in [-0.39, 0.29) is 0 Å². The first-order valence-electron chi connectivity index (χ1n) is 6.79. The summed E-state index contributed by atoms with van der Waals surface area (Å²) in [5.74, 6) is 0.699. The van der Waals surface area contributed by atoms with Crippen LogP contribution in [0.1, 0.15) is 58.3 Å². The molecule has 0 amide bonds. The van der Waals surface area contributed by atoms with Crippen molar-refractivity contribution in [3.63, 3.8) is 0 Å². The Balaban J connectivity index is 2.18. The Hall–Kier alpha value is -0.340. The standard InChI is InChI=1S/C14H26O2/c1-14-10-8-6-4-2-3-5-7-9-12-15-16-13-11-14/h6,8,14H,2-5,7,9-13H2,1H3/t14-/m0/s1. The molecule has 0 aromatic heterocycles. The van der Waals surface area contributed by atoms with Crippen molar-refractivity contribution in [1.82, 2.24) is 0 Å². The van der Waals surface area contributed by atoms with Crippen LogP contribution in [0.4, 0.5) is 0 Å². The van der Waals surface area contributed by atoms with Crippen LogP contribution in [0.25, 0.3) is 0 Å². The molecule has 0 aromatic carbocycles. The lowest BCUT2D eigenvalue weighted by Crippen LogP contribution is -2.03. The third-order valence-electron chi connectivity index (χ3n) is 3.08. The van der Waals surface area contributed by atoms with Crippen molar-refractivity contribution >= 4 is 0 Å². The van der Waals surface area contributed by atoms with Gasteiger partial charge >= 0.3 is 0 Å². The smallest absolute Gasteiger partial charge is 0.0825 e. The molecule has 0 fully saturated rings. The van der Waals surface area contributed by atoms with Gasteiger partial charge in [0.1, 0.15) is 0 Å². The largest absolute Gasteiger partial charge is 0.237 e. The summed E-state index contributed by atoms with van der Waals surface area (Å²) in [6, 6.07) is 0. The Morgan fingerprint density at radius 3 is 2.56 bits per heavy atom. The molecule has 2 nitrogen and oxygen atoms in total. The van der Waals surface area contributed by atoms with Crippen molar-refractivity contribution in [3.05, 3.63) is 12.2 Å². The van der Waals surface area contributed by atoms with E-state index >= 15 is 0 Å². The molecule has 0 N–H and O–H groups in total. The van der Waals surface area contributed by atoms with Gasteiger partial charge in [-0.25, -0.2) is 9.78 Å². The fraction of sp³-hybridized carbons (Fsp3) is 0.857. The second-order valence-electron chi connectivity index (χ2n) is 4.80. The molecule has 1 atom stereocenters. The summed E-state index contributed by atoms with van der Waals surface area (Å²) < 4.78 is 0. The van der Waals surface area contributed by atoms with Gasteiger partial charge in [-0.1, -0.05) is 38.3 Å². The minimum absolute atomic E-state index is 0.699. The normalized spacial score (nSPS) is 26.9. The van der Waals surface area contributed by atoms with Gasteiger partial charge in [0.05, 0.1) is 13.2 Å². The maximum atomic E-state index is 5.16. The van der Waals surface area contributed by atoms with Gasteiger partial charge in [0.25, 0.3) is 0 Å². The summed E-state index contributed by atoms with van der Waals surface area (Å²) in [6.07, 6.45) is 14.6. The third-order valence-corrected chi connectivity index (χ3v) is 3.08. The molecular weight excluding hydrogens is 200 g/mol. The summed E-state index contributed by atoms with van der Waals surface area (Å²) in [5, 5.41) is 0. The fourth-order valence-electron chi connectivity index (χ4n) is 1.88. The lowest BCUT2D eigenvalue weighted by atomic mass is 10.0. The molecule has 94 valence electrons. The molecule has 0 unspecified atom stereocenters. The molecule has 1 aliphatic rings. The monoisotopic (exact) mass is 226 g/mol. The fourth-order valence-corrected chi connectivity index (χ4v) is 1.88. The van der Waals surface area contributed by atoms with Crippen LogP contribution in [0, 0.1) is 5.92 Å². The number of allylic oxidation sites excluding steroid dienone is 2. The summed E-state index contributed by atoms with van der Waals surface area (Å²) in [7, 11) is 0. The molecule has 0 spiro atoms. The topological polar surface area (TPSA) is 18.5 Å². The van der Waals surface area contributed by atoms with Crippen molar-refractivity contribution in [1.29, 1.82) is 0 Å². The highest BCUT2D eigenvalue weighted by molar-refractivity contribution is 4.83. The maximum absolute atomic E-state index is 5.16. The Labute approximate surface area is 99.9 Å². The average molecular weight is 226 g/mol. The van der Waals surface area contributed by atoms with E-state index in [1.165, 1.54) is 38.5 Å². The van der Waals surface area contributed by atoms with Crippen molar-refractivity contribution in [2.45, 2.75) is 58.3 Å². The van der Waals surface area contributed by atoms with Crippen molar-refractivity contribution < 1.29 is 9.78 Å². The Morgan fingerprint density at radius 1 is 0.875 bits per heavy atom. The molecule has 0 aliphatic carbocycles. The van der Waals surface area contributed by atoms with E-state index in [1.807, 2.05) is 0 Å². The van der Waals surface area contributed by atoms with Gasteiger partial charge in [0.2, 0.25) is 0 Å². The highest BCUT2D eigenvalue weighted by atomic mass is 17.2. The molecule has 2 heteroatoms. The van der Waals surface area contributed by atoms with Gasteiger partial charge in [-0.2, -0.15) is 0 Å².